The first-order chi connectivity index (χ1) is 11.6. The van der Waals surface area contributed by atoms with Crippen LogP contribution in [0.2, 0.25) is 0 Å². The van der Waals surface area contributed by atoms with Crippen molar-refractivity contribution in [3.8, 4) is 5.75 Å². The molecular formula is C19H26N2O3. The number of likely N-dealkylation sites (tertiary alicyclic amines) is 2. The number of rotatable bonds is 5. The topological polar surface area (TPSA) is 49.9 Å². The quantitative estimate of drug-likeness (QED) is 0.831. The first-order valence-corrected chi connectivity index (χ1v) is 8.92. The molecule has 1 aromatic rings. The van der Waals surface area contributed by atoms with Gasteiger partial charge in [-0.3, -0.25) is 9.59 Å². The number of nitrogens with zero attached hydrogens (tertiary/aromatic N) is 2. The van der Waals surface area contributed by atoms with Crippen molar-refractivity contribution < 1.29 is 14.3 Å². The van der Waals surface area contributed by atoms with Crippen molar-refractivity contribution in [1.82, 2.24) is 9.80 Å². The van der Waals surface area contributed by atoms with E-state index in [2.05, 4.69) is 19.1 Å². The Morgan fingerprint density at radius 2 is 2.04 bits per heavy atom. The second-order valence-corrected chi connectivity index (χ2v) is 6.65. The standard InChI is InChI=1S/C19H26N2O3/c1-3-14-6-5-7-16(10-14)24-17-12-21(13-17)19(23)15-8-9-18(22)20(4-2)11-15/h5-7,10,15,17H,3-4,8-9,11-13H2,1-2H3. The highest BCUT2D eigenvalue weighted by Gasteiger charge is 2.38. The van der Waals surface area contributed by atoms with E-state index in [1.807, 2.05) is 24.0 Å². The predicted octanol–water partition coefficient (Wildman–Crippen LogP) is 2.10. The van der Waals surface area contributed by atoms with Crippen molar-refractivity contribution in [2.45, 2.75) is 39.2 Å². The zero-order chi connectivity index (χ0) is 17.1. The zero-order valence-corrected chi connectivity index (χ0v) is 14.5. The molecule has 0 bridgehead atoms. The van der Waals surface area contributed by atoms with E-state index in [1.54, 1.807) is 4.90 Å². The molecule has 1 unspecified atom stereocenters. The molecule has 2 amide bonds. The number of hydrogen-bond acceptors (Lipinski definition) is 3. The van der Waals surface area contributed by atoms with E-state index in [4.69, 9.17) is 4.74 Å². The minimum atomic E-state index is -0.0491. The van der Waals surface area contributed by atoms with Crippen molar-refractivity contribution in [2.75, 3.05) is 26.2 Å². The highest BCUT2D eigenvalue weighted by molar-refractivity contribution is 5.84. The first kappa shape index (κ1) is 16.8. The van der Waals surface area contributed by atoms with Crippen LogP contribution < -0.4 is 4.74 Å². The van der Waals surface area contributed by atoms with Crippen LogP contribution in [0.4, 0.5) is 0 Å². The average Bonchev–Trinajstić information content (AvgIpc) is 2.57. The lowest BCUT2D eigenvalue weighted by atomic mass is 9.94. The fourth-order valence-electron chi connectivity index (χ4n) is 3.40. The molecule has 0 aliphatic carbocycles. The lowest BCUT2D eigenvalue weighted by molar-refractivity contribution is -0.149. The summed E-state index contributed by atoms with van der Waals surface area (Å²) in [7, 11) is 0. The van der Waals surface area contributed by atoms with Crippen molar-refractivity contribution in [1.29, 1.82) is 0 Å². The van der Waals surface area contributed by atoms with Crippen LogP contribution in [0.1, 0.15) is 32.3 Å². The van der Waals surface area contributed by atoms with Gasteiger partial charge in [-0.1, -0.05) is 19.1 Å². The van der Waals surface area contributed by atoms with Crippen LogP contribution in [0.25, 0.3) is 0 Å². The summed E-state index contributed by atoms with van der Waals surface area (Å²) in [5, 5.41) is 0. The van der Waals surface area contributed by atoms with Gasteiger partial charge >= 0.3 is 0 Å². The van der Waals surface area contributed by atoms with E-state index >= 15 is 0 Å². The maximum Gasteiger partial charge on any atom is 0.227 e. The molecule has 5 nitrogen and oxygen atoms in total. The van der Waals surface area contributed by atoms with Crippen LogP contribution in [0.15, 0.2) is 24.3 Å². The molecule has 0 spiro atoms. The Morgan fingerprint density at radius 3 is 2.75 bits per heavy atom. The van der Waals surface area contributed by atoms with Crippen molar-refractivity contribution >= 4 is 11.8 Å². The molecule has 3 rings (SSSR count). The minimum Gasteiger partial charge on any atom is -0.487 e. The van der Waals surface area contributed by atoms with Crippen LogP contribution in [0.3, 0.4) is 0 Å². The Hall–Kier alpha value is -2.04. The van der Waals surface area contributed by atoms with E-state index in [9.17, 15) is 9.59 Å². The fraction of sp³-hybridized carbons (Fsp3) is 0.579. The van der Waals surface area contributed by atoms with Crippen LogP contribution in [0, 0.1) is 5.92 Å². The van der Waals surface area contributed by atoms with Gasteiger partial charge in [0.25, 0.3) is 0 Å². The largest absolute Gasteiger partial charge is 0.487 e. The van der Waals surface area contributed by atoms with E-state index < -0.39 is 0 Å². The highest BCUT2D eigenvalue weighted by Crippen LogP contribution is 2.24. The average molecular weight is 330 g/mol. The lowest BCUT2D eigenvalue weighted by Gasteiger charge is -2.42. The molecule has 2 saturated heterocycles. The molecule has 5 heteroatoms. The molecule has 0 aromatic heterocycles. The van der Waals surface area contributed by atoms with E-state index in [0.29, 0.717) is 39.0 Å². The number of hydrogen-bond donors (Lipinski definition) is 0. The van der Waals surface area contributed by atoms with E-state index in [0.717, 1.165) is 12.2 Å². The molecule has 0 N–H and O–H groups in total. The molecule has 1 aromatic carbocycles. The number of carbonyl (C=O) groups is 2. The third kappa shape index (κ3) is 3.55. The van der Waals surface area contributed by atoms with Crippen LogP contribution in [0.5, 0.6) is 5.75 Å². The number of benzene rings is 1. The summed E-state index contributed by atoms with van der Waals surface area (Å²) in [4.78, 5) is 28.0. The van der Waals surface area contributed by atoms with Gasteiger partial charge in [0.05, 0.1) is 19.0 Å². The van der Waals surface area contributed by atoms with Gasteiger partial charge in [0.15, 0.2) is 0 Å². The summed E-state index contributed by atoms with van der Waals surface area (Å²) in [6, 6.07) is 8.13. The SMILES string of the molecule is CCc1cccc(OC2CN(C(=O)C3CCC(=O)N(CC)C3)C2)c1. The molecule has 2 heterocycles. The number of amides is 2. The second kappa shape index (κ2) is 7.24. The Morgan fingerprint density at radius 1 is 1.25 bits per heavy atom. The molecule has 0 saturated carbocycles. The second-order valence-electron chi connectivity index (χ2n) is 6.65. The maximum atomic E-state index is 12.6. The monoisotopic (exact) mass is 330 g/mol. The lowest BCUT2D eigenvalue weighted by Crippen LogP contribution is -2.59. The molecule has 2 aliphatic rings. The zero-order valence-electron chi connectivity index (χ0n) is 14.5. The summed E-state index contributed by atoms with van der Waals surface area (Å²) >= 11 is 0. The Balaban J connectivity index is 1.49. The molecule has 1 atom stereocenters. The Bertz CT molecular complexity index is 610. The third-order valence-electron chi connectivity index (χ3n) is 5.00. The molecular weight excluding hydrogens is 304 g/mol. The summed E-state index contributed by atoms with van der Waals surface area (Å²) < 4.78 is 5.96. The van der Waals surface area contributed by atoms with E-state index in [1.165, 1.54) is 5.56 Å². The van der Waals surface area contributed by atoms with E-state index in [-0.39, 0.29) is 23.8 Å². The van der Waals surface area contributed by atoms with Gasteiger partial charge in [-0.25, -0.2) is 0 Å². The van der Waals surface area contributed by atoms with Gasteiger partial charge in [-0.05, 0) is 37.5 Å². The fourth-order valence-corrected chi connectivity index (χ4v) is 3.40. The number of ether oxygens (including phenoxy) is 1. The van der Waals surface area contributed by atoms with Crippen molar-refractivity contribution in [3.63, 3.8) is 0 Å². The Labute approximate surface area is 143 Å². The van der Waals surface area contributed by atoms with Gasteiger partial charge < -0.3 is 14.5 Å². The van der Waals surface area contributed by atoms with Gasteiger partial charge in [-0.15, -0.1) is 0 Å². The van der Waals surface area contributed by atoms with Gasteiger partial charge in [0.2, 0.25) is 11.8 Å². The van der Waals surface area contributed by atoms with Crippen molar-refractivity contribution in [3.05, 3.63) is 29.8 Å². The molecule has 24 heavy (non-hydrogen) atoms. The molecule has 2 aliphatic heterocycles. The molecule has 130 valence electrons. The number of piperidine rings is 1. The first-order valence-electron chi connectivity index (χ1n) is 8.92. The summed E-state index contributed by atoms with van der Waals surface area (Å²) in [5.74, 6) is 1.17. The smallest absolute Gasteiger partial charge is 0.227 e. The number of aryl methyl sites for hydroxylation is 1. The molecule has 2 fully saturated rings. The summed E-state index contributed by atoms with van der Waals surface area (Å²) in [6.07, 6.45) is 2.23. The van der Waals surface area contributed by atoms with Crippen LogP contribution >= 0.6 is 0 Å². The Kier molecular flexibility index (Phi) is 5.07. The summed E-state index contributed by atoms with van der Waals surface area (Å²) in [5.41, 5.74) is 1.26. The van der Waals surface area contributed by atoms with Crippen molar-refractivity contribution in [2.24, 2.45) is 5.92 Å². The van der Waals surface area contributed by atoms with Gasteiger partial charge in [-0.2, -0.15) is 0 Å². The van der Waals surface area contributed by atoms with Gasteiger partial charge in [0.1, 0.15) is 11.9 Å². The third-order valence-corrected chi connectivity index (χ3v) is 5.00. The maximum absolute atomic E-state index is 12.6. The number of carbonyl (C=O) groups excluding carboxylic acids is 2. The normalized spacial score (nSPS) is 21.6. The predicted molar refractivity (Wildman–Crippen MR) is 91.8 cm³/mol. The van der Waals surface area contributed by atoms with Crippen LogP contribution in [-0.2, 0) is 16.0 Å². The highest BCUT2D eigenvalue weighted by atomic mass is 16.5. The minimum absolute atomic E-state index is 0.0491. The summed E-state index contributed by atoms with van der Waals surface area (Å²) in [6.45, 7) is 6.62. The van der Waals surface area contributed by atoms with Crippen LogP contribution in [-0.4, -0.2) is 53.9 Å². The molecule has 0 radical (unpaired) electrons. The van der Waals surface area contributed by atoms with Gasteiger partial charge in [0, 0.05) is 19.5 Å².